The van der Waals surface area contributed by atoms with E-state index < -0.39 is 0 Å². The number of ether oxygens (including phenoxy) is 1. The smallest absolute Gasteiger partial charge is 0.222 e. The van der Waals surface area contributed by atoms with Crippen LogP contribution < -0.4 is 11.1 Å². The summed E-state index contributed by atoms with van der Waals surface area (Å²) in [6, 6.07) is 7.51. The highest BCUT2D eigenvalue weighted by atomic mass is 16.5. The molecule has 4 nitrogen and oxygen atoms in total. The standard InChI is InChI=1S/C13H18N2O2/c14-11-5-3-10(4-6-11)9-15-13(16)8-12-2-1-7-17-12/h3-6,12H,1-2,7-9,14H2,(H,15,16). The number of carbonyl (C=O) groups excluding carboxylic acids is 1. The maximum atomic E-state index is 11.6. The van der Waals surface area contributed by atoms with Crippen LogP contribution in [0.3, 0.4) is 0 Å². The number of nitrogens with one attached hydrogen (secondary N) is 1. The predicted octanol–water partition coefficient (Wildman–Crippen LogP) is 1.45. The van der Waals surface area contributed by atoms with Crippen molar-refractivity contribution < 1.29 is 9.53 Å². The van der Waals surface area contributed by atoms with Crippen molar-refractivity contribution in [1.29, 1.82) is 0 Å². The number of nitrogen functional groups attached to an aromatic ring is 1. The van der Waals surface area contributed by atoms with Gasteiger partial charge < -0.3 is 15.8 Å². The first-order chi connectivity index (χ1) is 8.24. The highest BCUT2D eigenvalue weighted by Crippen LogP contribution is 2.15. The van der Waals surface area contributed by atoms with Crippen molar-refractivity contribution in [1.82, 2.24) is 5.32 Å². The summed E-state index contributed by atoms with van der Waals surface area (Å²) in [7, 11) is 0. The molecule has 1 unspecified atom stereocenters. The van der Waals surface area contributed by atoms with E-state index in [2.05, 4.69) is 5.32 Å². The second kappa shape index (κ2) is 5.68. The number of anilines is 1. The van der Waals surface area contributed by atoms with Crippen LogP contribution >= 0.6 is 0 Å². The van der Waals surface area contributed by atoms with Crippen molar-refractivity contribution in [3.8, 4) is 0 Å². The van der Waals surface area contributed by atoms with Crippen molar-refractivity contribution in [2.24, 2.45) is 0 Å². The topological polar surface area (TPSA) is 64.3 Å². The molecule has 1 fully saturated rings. The molecule has 1 aliphatic rings. The molecule has 1 amide bonds. The van der Waals surface area contributed by atoms with E-state index in [-0.39, 0.29) is 12.0 Å². The summed E-state index contributed by atoms with van der Waals surface area (Å²) < 4.78 is 5.41. The van der Waals surface area contributed by atoms with Gasteiger partial charge in [0.05, 0.1) is 12.5 Å². The van der Waals surface area contributed by atoms with Crippen LogP contribution in [0, 0.1) is 0 Å². The van der Waals surface area contributed by atoms with Crippen molar-refractivity contribution in [3.05, 3.63) is 29.8 Å². The molecule has 92 valence electrons. The molecule has 1 aliphatic heterocycles. The highest BCUT2D eigenvalue weighted by Gasteiger charge is 2.18. The minimum Gasteiger partial charge on any atom is -0.399 e. The maximum absolute atomic E-state index is 11.6. The van der Waals surface area contributed by atoms with Crippen LogP contribution in [0.5, 0.6) is 0 Å². The molecule has 0 aliphatic carbocycles. The van der Waals surface area contributed by atoms with Crippen LogP contribution in [0.15, 0.2) is 24.3 Å². The Morgan fingerprint density at radius 3 is 2.82 bits per heavy atom. The van der Waals surface area contributed by atoms with Crippen LogP contribution in [-0.4, -0.2) is 18.6 Å². The number of rotatable bonds is 4. The minimum atomic E-state index is 0.0497. The van der Waals surface area contributed by atoms with E-state index in [0.717, 1.165) is 30.7 Å². The summed E-state index contributed by atoms with van der Waals surface area (Å²) in [6.45, 7) is 1.34. The third-order valence-corrected chi connectivity index (χ3v) is 2.91. The zero-order valence-electron chi connectivity index (χ0n) is 9.82. The monoisotopic (exact) mass is 234 g/mol. The molecule has 1 saturated heterocycles. The number of carbonyl (C=O) groups is 1. The quantitative estimate of drug-likeness (QED) is 0.775. The zero-order chi connectivity index (χ0) is 12.1. The van der Waals surface area contributed by atoms with Crippen molar-refractivity contribution in [2.75, 3.05) is 12.3 Å². The van der Waals surface area contributed by atoms with Crippen LogP contribution in [0.25, 0.3) is 0 Å². The van der Waals surface area contributed by atoms with Gasteiger partial charge in [-0.3, -0.25) is 4.79 Å². The Kier molecular flexibility index (Phi) is 3.98. The average Bonchev–Trinajstić information content (AvgIpc) is 2.81. The molecular weight excluding hydrogens is 216 g/mol. The van der Waals surface area contributed by atoms with Crippen molar-refractivity contribution in [2.45, 2.75) is 31.9 Å². The molecule has 0 spiro atoms. The Bertz CT molecular complexity index is 370. The van der Waals surface area contributed by atoms with Crippen molar-refractivity contribution in [3.63, 3.8) is 0 Å². The fraction of sp³-hybridized carbons (Fsp3) is 0.462. The Morgan fingerprint density at radius 1 is 1.41 bits per heavy atom. The van der Waals surface area contributed by atoms with Crippen LogP contribution in [0.4, 0.5) is 5.69 Å². The van der Waals surface area contributed by atoms with Crippen LogP contribution in [0.2, 0.25) is 0 Å². The molecule has 2 rings (SSSR count). The summed E-state index contributed by atoms with van der Waals surface area (Å²) >= 11 is 0. The molecule has 1 atom stereocenters. The predicted molar refractivity (Wildman–Crippen MR) is 66.3 cm³/mol. The summed E-state index contributed by atoms with van der Waals surface area (Å²) in [4.78, 5) is 11.6. The lowest BCUT2D eigenvalue weighted by Crippen LogP contribution is -2.26. The van der Waals surface area contributed by atoms with Crippen LogP contribution in [0.1, 0.15) is 24.8 Å². The van der Waals surface area contributed by atoms with Gasteiger partial charge in [-0.1, -0.05) is 12.1 Å². The fourth-order valence-electron chi connectivity index (χ4n) is 1.92. The number of amides is 1. The first-order valence-corrected chi connectivity index (χ1v) is 5.97. The fourth-order valence-corrected chi connectivity index (χ4v) is 1.92. The lowest BCUT2D eigenvalue weighted by molar-refractivity contribution is -0.123. The van der Waals surface area contributed by atoms with Gasteiger partial charge in [0.1, 0.15) is 0 Å². The van der Waals surface area contributed by atoms with Gasteiger partial charge in [-0.2, -0.15) is 0 Å². The third-order valence-electron chi connectivity index (χ3n) is 2.91. The molecule has 0 saturated carbocycles. The first-order valence-electron chi connectivity index (χ1n) is 5.97. The molecule has 0 bridgehead atoms. The van der Waals surface area contributed by atoms with Crippen molar-refractivity contribution >= 4 is 11.6 Å². The van der Waals surface area contributed by atoms with Crippen LogP contribution in [-0.2, 0) is 16.1 Å². The van der Waals surface area contributed by atoms with Gasteiger partial charge in [-0.25, -0.2) is 0 Å². The van der Waals surface area contributed by atoms with Gasteiger partial charge in [0, 0.05) is 18.8 Å². The van der Waals surface area contributed by atoms with Gasteiger partial charge in [0.2, 0.25) is 5.91 Å². The Balaban J connectivity index is 1.73. The van der Waals surface area contributed by atoms with Gasteiger partial charge in [-0.15, -0.1) is 0 Å². The Morgan fingerprint density at radius 2 is 2.18 bits per heavy atom. The highest BCUT2D eigenvalue weighted by molar-refractivity contribution is 5.76. The molecular formula is C13H18N2O2. The molecule has 17 heavy (non-hydrogen) atoms. The summed E-state index contributed by atoms with van der Waals surface area (Å²) in [5, 5.41) is 2.89. The number of hydrogen-bond donors (Lipinski definition) is 2. The van der Waals surface area contributed by atoms with E-state index in [1.807, 2.05) is 24.3 Å². The molecule has 3 N–H and O–H groups in total. The van der Waals surface area contributed by atoms with E-state index >= 15 is 0 Å². The third kappa shape index (κ3) is 3.75. The molecule has 0 aromatic heterocycles. The zero-order valence-corrected chi connectivity index (χ0v) is 9.82. The summed E-state index contributed by atoms with van der Waals surface area (Å²) in [5.74, 6) is 0.0497. The molecule has 0 radical (unpaired) electrons. The van der Waals surface area contributed by atoms with E-state index in [0.29, 0.717) is 13.0 Å². The van der Waals surface area contributed by atoms with E-state index in [9.17, 15) is 4.79 Å². The van der Waals surface area contributed by atoms with E-state index in [1.54, 1.807) is 0 Å². The molecule has 1 aromatic rings. The second-order valence-corrected chi connectivity index (χ2v) is 4.36. The summed E-state index contributed by atoms with van der Waals surface area (Å²) in [6.07, 6.45) is 2.64. The van der Waals surface area contributed by atoms with E-state index in [1.165, 1.54) is 0 Å². The SMILES string of the molecule is Nc1ccc(CNC(=O)CC2CCCO2)cc1. The average molecular weight is 234 g/mol. The van der Waals surface area contributed by atoms with Gasteiger partial charge in [0.15, 0.2) is 0 Å². The number of nitrogens with two attached hydrogens (primary N) is 1. The largest absolute Gasteiger partial charge is 0.399 e. The second-order valence-electron chi connectivity index (χ2n) is 4.36. The minimum absolute atomic E-state index is 0.0497. The number of benzene rings is 1. The molecule has 1 heterocycles. The molecule has 4 heteroatoms. The van der Waals surface area contributed by atoms with Gasteiger partial charge in [0.25, 0.3) is 0 Å². The lowest BCUT2D eigenvalue weighted by Gasteiger charge is -2.09. The summed E-state index contributed by atoms with van der Waals surface area (Å²) in [5.41, 5.74) is 7.38. The van der Waals surface area contributed by atoms with Gasteiger partial charge in [-0.05, 0) is 30.5 Å². The number of hydrogen-bond acceptors (Lipinski definition) is 3. The first kappa shape index (κ1) is 11.9. The lowest BCUT2D eigenvalue weighted by atomic mass is 10.1. The van der Waals surface area contributed by atoms with E-state index in [4.69, 9.17) is 10.5 Å². The molecule has 1 aromatic carbocycles. The maximum Gasteiger partial charge on any atom is 0.222 e. The normalized spacial score (nSPS) is 19.2. The Labute approximate surface area is 101 Å². The Hall–Kier alpha value is -1.55. The van der Waals surface area contributed by atoms with Gasteiger partial charge >= 0.3 is 0 Å².